The largest absolute Gasteiger partial charge is 0.493 e. The number of aromatic nitrogens is 3. The third-order valence-electron chi connectivity index (χ3n) is 6.49. The summed E-state index contributed by atoms with van der Waals surface area (Å²) >= 11 is 0. The topological polar surface area (TPSA) is 90.3 Å². The van der Waals surface area contributed by atoms with E-state index in [4.69, 9.17) is 9.47 Å². The summed E-state index contributed by atoms with van der Waals surface area (Å²) in [5, 5.41) is 10.8. The van der Waals surface area contributed by atoms with Crippen LogP contribution in [0.2, 0.25) is 0 Å². The molecular formula is C28H28FN5O3. The third kappa shape index (κ3) is 5.25. The zero-order chi connectivity index (χ0) is 25.9. The molecule has 0 bridgehead atoms. The van der Waals surface area contributed by atoms with Crippen molar-refractivity contribution >= 4 is 17.8 Å². The van der Waals surface area contributed by atoms with E-state index in [1.807, 2.05) is 13.0 Å². The molecule has 1 aromatic heterocycles. The molecule has 2 N–H and O–H groups in total. The highest BCUT2D eigenvalue weighted by molar-refractivity contribution is 5.90. The maximum Gasteiger partial charge on any atom is 0.250 e. The first-order chi connectivity index (χ1) is 17.9. The lowest BCUT2D eigenvalue weighted by atomic mass is 9.93. The fourth-order valence-corrected chi connectivity index (χ4v) is 4.56. The Balaban J connectivity index is 1.39. The number of amides is 1. The van der Waals surface area contributed by atoms with Gasteiger partial charge in [0.1, 0.15) is 5.82 Å². The van der Waals surface area contributed by atoms with Crippen LogP contribution in [0.15, 0.2) is 66.7 Å². The summed E-state index contributed by atoms with van der Waals surface area (Å²) in [5.74, 6) is 1.32. The Labute approximate surface area is 214 Å². The highest BCUT2D eigenvalue weighted by atomic mass is 19.1. The van der Waals surface area contributed by atoms with Crippen molar-refractivity contribution in [3.05, 3.63) is 94.8 Å². The van der Waals surface area contributed by atoms with E-state index >= 15 is 0 Å². The Kier molecular flexibility index (Phi) is 6.76. The van der Waals surface area contributed by atoms with Crippen LogP contribution in [0.25, 0.3) is 0 Å². The smallest absolute Gasteiger partial charge is 0.250 e. The van der Waals surface area contributed by atoms with E-state index in [0.717, 1.165) is 16.7 Å². The number of carbonyl (C=O) groups is 1. The van der Waals surface area contributed by atoms with Crippen molar-refractivity contribution in [2.45, 2.75) is 31.8 Å². The van der Waals surface area contributed by atoms with Crippen molar-refractivity contribution in [1.29, 1.82) is 0 Å². The molecule has 1 aliphatic rings. The quantitative estimate of drug-likeness (QED) is 0.368. The first-order valence-corrected chi connectivity index (χ1v) is 12.0. The second-order valence-electron chi connectivity index (χ2n) is 9.03. The van der Waals surface area contributed by atoms with Gasteiger partial charge in [-0.3, -0.25) is 10.1 Å². The molecule has 0 saturated heterocycles. The monoisotopic (exact) mass is 501 g/mol. The van der Waals surface area contributed by atoms with Gasteiger partial charge >= 0.3 is 0 Å². The van der Waals surface area contributed by atoms with Crippen molar-refractivity contribution < 1.29 is 18.7 Å². The van der Waals surface area contributed by atoms with Crippen LogP contribution < -0.4 is 20.1 Å². The molecule has 0 fully saturated rings. The minimum absolute atomic E-state index is 0.0253. The second kappa shape index (κ2) is 10.3. The molecule has 9 heteroatoms. The lowest BCUT2D eigenvalue weighted by molar-refractivity contribution is -0.115. The van der Waals surface area contributed by atoms with E-state index in [1.165, 1.54) is 17.7 Å². The zero-order valence-corrected chi connectivity index (χ0v) is 20.9. The Morgan fingerprint density at radius 1 is 1.03 bits per heavy atom. The first-order valence-electron chi connectivity index (χ1n) is 12.0. The lowest BCUT2D eigenvalue weighted by Gasteiger charge is -2.31. The molecule has 1 amide bonds. The van der Waals surface area contributed by atoms with Crippen molar-refractivity contribution in [1.82, 2.24) is 14.8 Å². The Bertz CT molecular complexity index is 1400. The van der Waals surface area contributed by atoms with Gasteiger partial charge in [0, 0.05) is 0 Å². The molecule has 2 heterocycles. The normalized spacial score (nSPS) is 16.4. The second-order valence-corrected chi connectivity index (χ2v) is 9.03. The summed E-state index contributed by atoms with van der Waals surface area (Å²) in [6.07, 6.45) is 0.801. The summed E-state index contributed by atoms with van der Waals surface area (Å²) in [6.45, 7) is 2.05. The molecule has 1 aliphatic heterocycles. The zero-order valence-electron chi connectivity index (χ0n) is 20.9. The van der Waals surface area contributed by atoms with Crippen molar-refractivity contribution in [2.24, 2.45) is 0 Å². The molecule has 0 aliphatic carbocycles. The van der Waals surface area contributed by atoms with Gasteiger partial charge in [-0.25, -0.2) is 9.07 Å². The van der Waals surface area contributed by atoms with Crippen LogP contribution in [0.1, 0.15) is 40.8 Å². The molecular weight excluding hydrogens is 473 g/mol. The highest BCUT2D eigenvalue weighted by Gasteiger charge is 2.31. The van der Waals surface area contributed by atoms with Gasteiger partial charge < -0.3 is 14.8 Å². The molecule has 5 rings (SSSR count). The van der Waals surface area contributed by atoms with Crippen LogP contribution in [0.3, 0.4) is 0 Å². The first kappa shape index (κ1) is 24.3. The Hall–Kier alpha value is -4.40. The number of carbonyl (C=O) groups excluding carboxylic acids is 1. The maximum absolute atomic E-state index is 13.6. The minimum atomic E-state index is -0.297. The van der Waals surface area contributed by atoms with Gasteiger partial charge in [0.05, 0.1) is 32.7 Å². The number of nitrogens with one attached hydrogen (secondary N) is 2. The van der Waals surface area contributed by atoms with Gasteiger partial charge in [0.25, 0.3) is 5.95 Å². The fraction of sp³-hybridized carbons (Fsp3) is 0.250. The van der Waals surface area contributed by atoms with Gasteiger partial charge in [0.15, 0.2) is 11.5 Å². The highest BCUT2D eigenvalue weighted by Crippen LogP contribution is 2.38. The van der Waals surface area contributed by atoms with Gasteiger partial charge in [-0.05, 0) is 54.3 Å². The van der Waals surface area contributed by atoms with Crippen LogP contribution >= 0.6 is 0 Å². The number of anilines is 2. The van der Waals surface area contributed by atoms with Gasteiger partial charge in [-0.2, -0.15) is 4.98 Å². The molecule has 3 aromatic carbocycles. The summed E-state index contributed by atoms with van der Waals surface area (Å²) in [6, 6.07) is 19.9. The summed E-state index contributed by atoms with van der Waals surface area (Å²) in [7, 11) is 3.11. The van der Waals surface area contributed by atoms with E-state index in [-0.39, 0.29) is 36.2 Å². The number of ether oxygens (including phenoxy) is 2. The Morgan fingerprint density at radius 3 is 2.43 bits per heavy atom. The number of benzene rings is 3. The van der Waals surface area contributed by atoms with E-state index in [0.29, 0.717) is 23.9 Å². The van der Waals surface area contributed by atoms with Crippen LogP contribution in [0, 0.1) is 12.7 Å². The number of hydrogen-bond donors (Lipinski definition) is 2. The predicted octanol–water partition coefficient (Wildman–Crippen LogP) is 5.07. The van der Waals surface area contributed by atoms with Crippen LogP contribution in [-0.4, -0.2) is 34.9 Å². The third-order valence-corrected chi connectivity index (χ3v) is 6.49. The number of hydrogen-bond acceptors (Lipinski definition) is 6. The SMILES string of the molecule is COc1ccc(CC(=O)Nc2nc3n(n2)[C@@H](c2ccc(F)cc2)C[C@@H](c2ccc(C)cc2)N3)cc1OC. The number of halogens is 1. The van der Waals surface area contributed by atoms with E-state index in [9.17, 15) is 9.18 Å². The molecule has 2 atom stereocenters. The minimum Gasteiger partial charge on any atom is -0.493 e. The lowest BCUT2D eigenvalue weighted by Crippen LogP contribution is -2.28. The van der Waals surface area contributed by atoms with Crippen LogP contribution in [0.5, 0.6) is 11.5 Å². The number of rotatable bonds is 7. The van der Waals surface area contributed by atoms with Gasteiger partial charge in [0.2, 0.25) is 11.9 Å². The molecule has 4 aromatic rings. The van der Waals surface area contributed by atoms with E-state index in [2.05, 4.69) is 45.0 Å². The molecule has 0 unspecified atom stereocenters. The summed E-state index contributed by atoms with van der Waals surface area (Å²) < 4.78 is 26.0. The van der Waals surface area contributed by atoms with E-state index < -0.39 is 0 Å². The molecule has 8 nitrogen and oxygen atoms in total. The number of fused-ring (bicyclic) bond motifs is 1. The van der Waals surface area contributed by atoms with Crippen molar-refractivity contribution in [3.8, 4) is 11.5 Å². The average Bonchev–Trinajstić information content (AvgIpc) is 3.31. The summed E-state index contributed by atoms with van der Waals surface area (Å²) in [4.78, 5) is 17.4. The fourth-order valence-electron chi connectivity index (χ4n) is 4.56. The standard InChI is InChI=1S/C28H28FN5O3/c1-17-4-7-19(8-5-17)22-16-23(20-9-11-21(29)12-10-20)34-28(30-22)32-27(33-34)31-26(35)15-18-6-13-24(36-2)25(14-18)37-3/h4-14,22-23H,15-16H2,1-3H3,(H2,30,31,32,33,35)/t22-,23+/m0/s1. The molecule has 0 radical (unpaired) electrons. The van der Waals surface area contributed by atoms with Gasteiger partial charge in [-0.15, -0.1) is 5.10 Å². The summed E-state index contributed by atoms with van der Waals surface area (Å²) in [5.41, 5.74) is 3.97. The maximum atomic E-state index is 13.6. The number of methoxy groups -OCH3 is 2. The molecule has 0 spiro atoms. The van der Waals surface area contributed by atoms with Crippen LogP contribution in [0.4, 0.5) is 16.3 Å². The van der Waals surface area contributed by atoms with Crippen LogP contribution in [-0.2, 0) is 11.2 Å². The van der Waals surface area contributed by atoms with Gasteiger partial charge in [-0.1, -0.05) is 48.0 Å². The van der Waals surface area contributed by atoms with E-state index in [1.54, 1.807) is 43.2 Å². The van der Waals surface area contributed by atoms with Crippen molar-refractivity contribution in [3.63, 3.8) is 0 Å². The molecule has 0 saturated carbocycles. The number of aryl methyl sites for hydroxylation is 1. The molecule has 190 valence electrons. The average molecular weight is 502 g/mol. The Morgan fingerprint density at radius 2 is 1.73 bits per heavy atom. The number of nitrogens with zero attached hydrogens (tertiary/aromatic N) is 3. The predicted molar refractivity (Wildman–Crippen MR) is 139 cm³/mol. The van der Waals surface area contributed by atoms with Crippen molar-refractivity contribution in [2.75, 3.05) is 24.9 Å². The molecule has 37 heavy (non-hydrogen) atoms.